The first-order valence-electron chi connectivity index (χ1n) is 10.8. The molecule has 0 aromatic heterocycles. The number of carbonyl (C=O) groups excluding carboxylic acids is 2. The first-order chi connectivity index (χ1) is 14.1. The topological polar surface area (TPSA) is 95.5 Å². The molecule has 0 bridgehead atoms. The number of rotatable bonds is 15. The fraction of sp³-hybridized carbons (Fsp3) is 0.625. The summed E-state index contributed by atoms with van der Waals surface area (Å²) in [6, 6.07) is -0.894. The number of nitrogens with one attached hydrogen (secondary N) is 2. The Morgan fingerprint density at radius 2 is 1.40 bits per heavy atom. The summed E-state index contributed by atoms with van der Waals surface area (Å²) in [6.07, 6.45) is 12.9. The lowest BCUT2D eigenvalue weighted by Crippen LogP contribution is -2.41. The van der Waals surface area contributed by atoms with Crippen LogP contribution in [0.15, 0.2) is 34.9 Å². The Morgan fingerprint density at radius 1 is 0.833 bits per heavy atom. The minimum absolute atomic E-state index is 0.0731. The maximum atomic E-state index is 11.8. The smallest absolute Gasteiger partial charge is 0.326 e. The van der Waals surface area contributed by atoms with E-state index in [-0.39, 0.29) is 24.8 Å². The van der Waals surface area contributed by atoms with Crippen molar-refractivity contribution in [2.75, 3.05) is 6.54 Å². The minimum Gasteiger partial charge on any atom is -0.480 e. The fourth-order valence-corrected chi connectivity index (χ4v) is 2.89. The molecule has 0 radical (unpaired) electrons. The van der Waals surface area contributed by atoms with Crippen molar-refractivity contribution in [2.24, 2.45) is 0 Å². The summed E-state index contributed by atoms with van der Waals surface area (Å²) in [6.45, 7) is 10.1. The van der Waals surface area contributed by atoms with Crippen LogP contribution in [0.3, 0.4) is 0 Å². The molecule has 6 nitrogen and oxygen atoms in total. The number of allylic oxidation sites excluding steroid dienone is 6. The van der Waals surface area contributed by atoms with Crippen LogP contribution in [0.2, 0.25) is 0 Å². The second-order valence-corrected chi connectivity index (χ2v) is 8.08. The highest BCUT2D eigenvalue weighted by Crippen LogP contribution is 2.13. The lowest BCUT2D eigenvalue weighted by molar-refractivity contribution is -0.142. The summed E-state index contributed by atoms with van der Waals surface area (Å²) >= 11 is 0. The summed E-state index contributed by atoms with van der Waals surface area (Å²) in [5, 5.41) is 14.3. The molecule has 1 atom stereocenters. The van der Waals surface area contributed by atoms with Crippen LogP contribution in [0, 0.1) is 0 Å². The van der Waals surface area contributed by atoms with Gasteiger partial charge >= 0.3 is 5.97 Å². The van der Waals surface area contributed by atoms with Gasteiger partial charge in [0.25, 0.3) is 0 Å². The van der Waals surface area contributed by atoms with Crippen LogP contribution in [-0.2, 0) is 14.4 Å². The number of carboxylic acids is 1. The van der Waals surface area contributed by atoms with Gasteiger partial charge in [-0.2, -0.15) is 0 Å². The molecule has 0 aliphatic rings. The molecule has 0 aromatic rings. The molecule has 6 heteroatoms. The summed E-state index contributed by atoms with van der Waals surface area (Å²) < 4.78 is 0. The van der Waals surface area contributed by atoms with Gasteiger partial charge in [0.15, 0.2) is 0 Å². The Morgan fingerprint density at radius 3 is 1.93 bits per heavy atom. The molecule has 0 heterocycles. The van der Waals surface area contributed by atoms with Crippen LogP contribution in [0.1, 0.15) is 86.0 Å². The van der Waals surface area contributed by atoms with E-state index < -0.39 is 12.0 Å². The predicted molar refractivity (Wildman–Crippen MR) is 122 cm³/mol. The van der Waals surface area contributed by atoms with Gasteiger partial charge in [-0.25, -0.2) is 4.79 Å². The molecule has 3 N–H and O–H groups in total. The molecule has 0 rings (SSSR count). The van der Waals surface area contributed by atoms with E-state index in [9.17, 15) is 19.5 Å². The third-order valence-electron chi connectivity index (χ3n) is 4.67. The lowest BCUT2D eigenvalue weighted by atomic mass is 10.0. The van der Waals surface area contributed by atoms with Gasteiger partial charge in [0.05, 0.1) is 0 Å². The van der Waals surface area contributed by atoms with Crippen molar-refractivity contribution in [1.82, 2.24) is 10.6 Å². The van der Waals surface area contributed by atoms with Crippen molar-refractivity contribution in [3.63, 3.8) is 0 Å². The van der Waals surface area contributed by atoms with Crippen molar-refractivity contribution >= 4 is 17.8 Å². The van der Waals surface area contributed by atoms with Gasteiger partial charge in [-0.1, -0.05) is 34.9 Å². The van der Waals surface area contributed by atoms with Crippen LogP contribution in [0.5, 0.6) is 0 Å². The average molecular weight is 421 g/mol. The molecular formula is C24H40N2O4. The van der Waals surface area contributed by atoms with Gasteiger partial charge in [-0.05, 0) is 72.6 Å². The van der Waals surface area contributed by atoms with E-state index in [0.29, 0.717) is 12.8 Å². The van der Waals surface area contributed by atoms with Crippen molar-refractivity contribution < 1.29 is 19.5 Å². The Labute approximate surface area is 181 Å². The monoisotopic (exact) mass is 420 g/mol. The Kier molecular flexibility index (Phi) is 15.1. The van der Waals surface area contributed by atoms with Gasteiger partial charge in [0.2, 0.25) is 11.8 Å². The normalized spacial score (nSPS) is 12.8. The highest BCUT2D eigenvalue weighted by molar-refractivity contribution is 5.84. The van der Waals surface area contributed by atoms with Crippen LogP contribution in [-0.4, -0.2) is 35.5 Å². The highest BCUT2D eigenvalue weighted by atomic mass is 16.4. The van der Waals surface area contributed by atoms with Gasteiger partial charge in [-0.3, -0.25) is 9.59 Å². The van der Waals surface area contributed by atoms with Crippen LogP contribution in [0.4, 0.5) is 0 Å². The molecule has 0 aliphatic heterocycles. The Bertz CT molecular complexity index is 644. The van der Waals surface area contributed by atoms with Gasteiger partial charge in [0, 0.05) is 19.9 Å². The number of aliphatic carboxylic acids is 1. The number of amides is 2. The van der Waals surface area contributed by atoms with Crippen molar-refractivity contribution in [1.29, 1.82) is 0 Å². The number of unbranched alkanes of at least 4 members (excludes halogenated alkanes) is 1. The van der Waals surface area contributed by atoms with Crippen LogP contribution in [0.25, 0.3) is 0 Å². The first-order valence-corrected chi connectivity index (χ1v) is 10.8. The average Bonchev–Trinajstić information content (AvgIpc) is 2.63. The van der Waals surface area contributed by atoms with E-state index in [1.54, 1.807) is 0 Å². The fourth-order valence-electron chi connectivity index (χ4n) is 2.89. The molecule has 2 amide bonds. The third-order valence-corrected chi connectivity index (χ3v) is 4.67. The molecule has 0 fully saturated rings. The van der Waals surface area contributed by atoms with E-state index in [1.165, 1.54) is 23.6 Å². The summed E-state index contributed by atoms with van der Waals surface area (Å²) in [5.41, 5.74) is 4.07. The quantitative estimate of drug-likeness (QED) is 0.265. The standard InChI is InChI=1S/C24H40N2O4/c1-18(2)10-8-12-20(4)14-9-13-19(3)11-6-7-15-22(24(29)30)26-23(28)16-17-25-21(5)27/h10-11,14,22H,6-9,12-13,15-17H2,1-5H3,(H,25,27)(H,26,28)(H,29,30). The van der Waals surface area contributed by atoms with Gasteiger partial charge in [-0.15, -0.1) is 0 Å². The molecule has 0 saturated heterocycles. The summed E-state index contributed by atoms with van der Waals surface area (Å²) in [5.74, 6) is -1.61. The molecule has 0 spiro atoms. The lowest BCUT2D eigenvalue weighted by Gasteiger charge is -2.14. The number of hydrogen-bond acceptors (Lipinski definition) is 3. The molecule has 0 saturated carbocycles. The maximum Gasteiger partial charge on any atom is 0.326 e. The molecule has 0 aromatic carbocycles. The van der Waals surface area contributed by atoms with Crippen molar-refractivity contribution in [2.45, 2.75) is 92.0 Å². The zero-order valence-corrected chi connectivity index (χ0v) is 19.3. The van der Waals surface area contributed by atoms with Crippen molar-refractivity contribution in [3.05, 3.63) is 34.9 Å². The van der Waals surface area contributed by atoms with E-state index in [0.717, 1.165) is 32.1 Å². The maximum absolute atomic E-state index is 11.8. The highest BCUT2D eigenvalue weighted by Gasteiger charge is 2.18. The number of hydrogen-bond donors (Lipinski definition) is 3. The number of carbonyl (C=O) groups is 3. The SMILES string of the molecule is CC(=O)NCCC(=O)NC(CCCC=C(C)CCC=C(C)CCC=C(C)C)C(=O)O. The van der Waals surface area contributed by atoms with E-state index in [4.69, 9.17) is 0 Å². The molecule has 1 unspecified atom stereocenters. The van der Waals surface area contributed by atoms with E-state index in [1.807, 2.05) is 0 Å². The van der Waals surface area contributed by atoms with Crippen LogP contribution >= 0.6 is 0 Å². The van der Waals surface area contributed by atoms with E-state index >= 15 is 0 Å². The van der Waals surface area contributed by atoms with Crippen molar-refractivity contribution in [3.8, 4) is 0 Å². The second kappa shape index (κ2) is 16.4. The third kappa shape index (κ3) is 16.6. The Hall–Kier alpha value is -2.37. The van der Waals surface area contributed by atoms with Gasteiger partial charge < -0.3 is 15.7 Å². The van der Waals surface area contributed by atoms with E-state index in [2.05, 4.69) is 56.6 Å². The summed E-state index contributed by atoms with van der Waals surface area (Å²) in [7, 11) is 0. The second-order valence-electron chi connectivity index (χ2n) is 8.08. The predicted octanol–water partition coefficient (Wildman–Crippen LogP) is 4.67. The van der Waals surface area contributed by atoms with Crippen LogP contribution < -0.4 is 10.6 Å². The largest absolute Gasteiger partial charge is 0.480 e. The molecular weight excluding hydrogens is 380 g/mol. The minimum atomic E-state index is -1.03. The molecule has 30 heavy (non-hydrogen) atoms. The molecule has 0 aliphatic carbocycles. The summed E-state index contributed by atoms with van der Waals surface area (Å²) in [4.78, 5) is 34.0. The first kappa shape index (κ1) is 27.6. The zero-order chi connectivity index (χ0) is 22.9. The van der Waals surface area contributed by atoms with Gasteiger partial charge in [0.1, 0.15) is 6.04 Å². The molecule has 170 valence electrons. The zero-order valence-electron chi connectivity index (χ0n) is 19.3. The Balaban J connectivity index is 4.19. The number of carboxylic acid groups (broad SMARTS) is 1.